The molecule has 5 heteroatoms. The van der Waals surface area contributed by atoms with Crippen molar-refractivity contribution in [2.24, 2.45) is 0 Å². The molecule has 0 radical (unpaired) electrons. The maximum atomic E-state index is 12.4. The third kappa shape index (κ3) is 4.11. The highest BCUT2D eigenvalue weighted by Crippen LogP contribution is 2.30. The molecule has 2 rings (SSSR count). The highest BCUT2D eigenvalue weighted by atomic mass is 127. The van der Waals surface area contributed by atoms with Gasteiger partial charge in [-0.1, -0.05) is 35.9 Å². The first-order valence-corrected chi connectivity index (χ1v) is 6.92. The zero-order valence-corrected chi connectivity index (χ0v) is 12.6. The van der Waals surface area contributed by atoms with Gasteiger partial charge in [0.15, 0.2) is 0 Å². The molecule has 0 saturated carbocycles. The lowest BCUT2D eigenvalue weighted by Crippen LogP contribution is -2.11. The maximum absolute atomic E-state index is 12.4. The minimum atomic E-state index is -4.19. The summed E-state index contributed by atoms with van der Waals surface area (Å²) < 4.78 is 38.1. The van der Waals surface area contributed by atoms with Gasteiger partial charge in [0.1, 0.15) is 0 Å². The van der Waals surface area contributed by atoms with Crippen molar-refractivity contribution in [3.05, 3.63) is 56.6 Å². The normalized spacial score (nSPS) is 11.6. The molecular weight excluding hydrogens is 388 g/mol. The molecular formula is C14H9ClF3I. The fourth-order valence-corrected chi connectivity index (χ4v) is 2.62. The summed E-state index contributed by atoms with van der Waals surface area (Å²) in [5.41, 5.74) is 1.84. The van der Waals surface area contributed by atoms with Crippen LogP contribution in [0.5, 0.6) is 0 Å². The highest BCUT2D eigenvalue weighted by Gasteiger charge is 2.27. The van der Waals surface area contributed by atoms with E-state index >= 15 is 0 Å². The van der Waals surface area contributed by atoms with E-state index in [-0.39, 0.29) is 5.56 Å². The maximum Gasteiger partial charge on any atom is 0.393 e. The number of benzene rings is 2. The van der Waals surface area contributed by atoms with E-state index in [4.69, 9.17) is 11.6 Å². The number of rotatable bonds is 2. The monoisotopic (exact) mass is 396 g/mol. The molecule has 0 spiro atoms. The van der Waals surface area contributed by atoms with Crippen molar-refractivity contribution in [1.82, 2.24) is 0 Å². The Morgan fingerprint density at radius 2 is 1.79 bits per heavy atom. The van der Waals surface area contributed by atoms with Crippen LogP contribution in [0.1, 0.15) is 5.56 Å². The summed E-state index contributed by atoms with van der Waals surface area (Å²) in [6.07, 6.45) is -5.11. The Labute approximate surface area is 127 Å². The third-order valence-corrected chi connectivity index (χ3v) is 3.75. The van der Waals surface area contributed by atoms with Gasteiger partial charge in [-0.15, -0.1) is 0 Å². The molecule has 0 nitrogen and oxygen atoms in total. The lowest BCUT2D eigenvalue weighted by atomic mass is 10.0. The fraction of sp³-hybridized carbons (Fsp3) is 0.143. The standard InChI is InChI=1S/C14H9ClF3I/c15-11-4-5-13(19)12(7-11)10-3-1-2-9(6-10)8-14(16,17)18/h1-7H,8H2. The minimum Gasteiger partial charge on any atom is -0.171 e. The molecule has 0 amide bonds. The van der Waals surface area contributed by atoms with E-state index in [1.54, 1.807) is 30.3 Å². The van der Waals surface area contributed by atoms with Crippen molar-refractivity contribution in [3.63, 3.8) is 0 Å². The van der Waals surface area contributed by atoms with Crippen LogP contribution < -0.4 is 0 Å². The van der Waals surface area contributed by atoms with Crippen LogP contribution in [0.2, 0.25) is 5.02 Å². The van der Waals surface area contributed by atoms with Gasteiger partial charge < -0.3 is 0 Å². The fourth-order valence-electron chi connectivity index (χ4n) is 1.80. The Morgan fingerprint density at radius 1 is 1.05 bits per heavy atom. The summed E-state index contributed by atoms with van der Waals surface area (Å²) >= 11 is 8.07. The lowest BCUT2D eigenvalue weighted by molar-refractivity contribution is -0.127. The summed E-state index contributed by atoms with van der Waals surface area (Å²) in [5, 5.41) is 0.566. The second-order valence-corrected chi connectivity index (χ2v) is 5.72. The molecule has 0 aliphatic heterocycles. The quantitative estimate of drug-likeness (QED) is 0.570. The molecule has 0 aromatic heterocycles. The average Bonchev–Trinajstić information content (AvgIpc) is 2.30. The van der Waals surface area contributed by atoms with Gasteiger partial charge in [0, 0.05) is 8.59 Å². The van der Waals surface area contributed by atoms with E-state index in [9.17, 15) is 13.2 Å². The molecule has 0 saturated heterocycles. The van der Waals surface area contributed by atoms with Crippen LogP contribution in [0.3, 0.4) is 0 Å². The van der Waals surface area contributed by atoms with E-state index in [2.05, 4.69) is 22.6 Å². The van der Waals surface area contributed by atoms with E-state index in [1.165, 1.54) is 6.07 Å². The van der Waals surface area contributed by atoms with E-state index < -0.39 is 12.6 Å². The Bertz CT molecular complexity index is 593. The van der Waals surface area contributed by atoms with Gasteiger partial charge in [-0.3, -0.25) is 0 Å². The predicted molar refractivity (Wildman–Crippen MR) is 79.4 cm³/mol. The van der Waals surface area contributed by atoms with Gasteiger partial charge in [0.2, 0.25) is 0 Å². The smallest absolute Gasteiger partial charge is 0.171 e. The molecule has 0 bridgehead atoms. The topological polar surface area (TPSA) is 0 Å². The third-order valence-electron chi connectivity index (χ3n) is 2.57. The van der Waals surface area contributed by atoms with E-state index in [0.29, 0.717) is 5.02 Å². The Hall–Kier alpha value is -0.750. The van der Waals surface area contributed by atoms with Crippen molar-refractivity contribution in [2.45, 2.75) is 12.6 Å². The molecule has 2 aromatic rings. The first-order valence-electron chi connectivity index (χ1n) is 5.46. The van der Waals surface area contributed by atoms with Gasteiger partial charge in [-0.05, 0) is 57.5 Å². The molecule has 2 aromatic carbocycles. The number of hydrogen-bond acceptors (Lipinski definition) is 0. The van der Waals surface area contributed by atoms with Gasteiger partial charge in [-0.25, -0.2) is 0 Å². The van der Waals surface area contributed by atoms with Crippen LogP contribution in [0, 0.1) is 3.57 Å². The molecule has 0 fully saturated rings. The van der Waals surface area contributed by atoms with Crippen molar-refractivity contribution < 1.29 is 13.2 Å². The molecule has 0 aliphatic rings. The number of halogens is 5. The van der Waals surface area contributed by atoms with Crippen LogP contribution in [0.25, 0.3) is 11.1 Å². The molecule has 0 aliphatic carbocycles. The largest absolute Gasteiger partial charge is 0.393 e. The second kappa shape index (κ2) is 5.71. The van der Waals surface area contributed by atoms with Gasteiger partial charge in [0.05, 0.1) is 6.42 Å². The molecule has 0 N–H and O–H groups in total. The highest BCUT2D eigenvalue weighted by molar-refractivity contribution is 14.1. The van der Waals surface area contributed by atoms with Crippen LogP contribution >= 0.6 is 34.2 Å². The minimum absolute atomic E-state index is 0.251. The second-order valence-electron chi connectivity index (χ2n) is 4.12. The summed E-state index contributed by atoms with van der Waals surface area (Å²) in [6, 6.07) is 11.8. The molecule has 0 atom stereocenters. The summed E-state index contributed by atoms with van der Waals surface area (Å²) in [4.78, 5) is 0. The molecule has 0 heterocycles. The van der Waals surface area contributed by atoms with Gasteiger partial charge in [-0.2, -0.15) is 13.2 Å². The van der Waals surface area contributed by atoms with Crippen molar-refractivity contribution in [3.8, 4) is 11.1 Å². The van der Waals surface area contributed by atoms with Crippen LogP contribution in [0.15, 0.2) is 42.5 Å². The summed E-state index contributed by atoms with van der Waals surface area (Å²) in [6.45, 7) is 0. The SMILES string of the molecule is FC(F)(F)Cc1cccc(-c2cc(Cl)ccc2I)c1. The van der Waals surface area contributed by atoms with Crippen LogP contribution in [0.4, 0.5) is 13.2 Å². The first-order chi connectivity index (χ1) is 8.85. The molecule has 100 valence electrons. The zero-order valence-electron chi connectivity index (χ0n) is 9.64. The van der Waals surface area contributed by atoms with E-state index in [0.717, 1.165) is 14.7 Å². The summed E-state index contributed by atoms with van der Waals surface area (Å²) in [5.74, 6) is 0. The average molecular weight is 397 g/mol. The first kappa shape index (κ1) is 14.7. The summed E-state index contributed by atoms with van der Waals surface area (Å²) in [7, 11) is 0. The van der Waals surface area contributed by atoms with Crippen molar-refractivity contribution >= 4 is 34.2 Å². The van der Waals surface area contributed by atoms with Crippen LogP contribution in [-0.4, -0.2) is 6.18 Å². The number of hydrogen-bond donors (Lipinski definition) is 0. The Kier molecular flexibility index (Phi) is 4.40. The van der Waals surface area contributed by atoms with Gasteiger partial charge >= 0.3 is 6.18 Å². The van der Waals surface area contributed by atoms with Crippen molar-refractivity contribution in [2.75, 3.05) is 0 Å². The zero-order chi connectivity index (χ0) is 14.0. The Morgan fingerprint density at radius 3 is 2.47 bits per heavy atom. The van der Waals surface area contributed by atoms with E-state index in [1.807, 2.05) is 6.07 Å². The van der Waals surface area contributed by atoms with Crippen molar-refractivity contribution in [1.29, 1.82) is 0 Å². The molecule has 0 unspecified atom stereocenters. The number of alkyl halides is 3. The van der Waals surface area contributed by atoms with Crippen LogP contribution in [-0.2, 0) is 6.42 Å². The molecule has 19 heavy (non-hydrogen) atoms. The lowest BCUT2D eigenvalue weighted by Gasteiger charge is -2.10. The Balaban J connectivity index is 2.40. The van der Waals surface area contributed by atoms with Gasteiger partial charge in [0.25, 0.3) is 0 Å². The predicted octanol–water partition coefficient (Wildman–Crippen LogP) is 5.72.